The first-order valence-corrected chi connectivity index (χ1v) is 9.74. The van der Waals surface area contributed by atoms with Crippen LogP contribution in [-0.4, -0.2) is 9.97 Å². The molecule has 0 aliphatic carbocycles. The van der Waals surface area contributed by atoms with Crippen LogP contribution in [0.2, 0.25) is 0 Å². The molecule has 5 heteroatoms. The zero-order valence-corrected chi connectivity index (χ0v) is 17.4. The lowest BCUT2D eigenvalue weighted by atomic mass is 10.2. The SMILES string of the molecule is O=c1nc(C=Cc2ccccc2I)cc(C=Cc2ccccc2I)[nH]1. The predicted octanol–water partition coefficient (Wildman–Crippen LogP) is 5.32. The summed E-state index contributed by atoms with van der Waals surface area (Å²) in [6.45, 7) is 0. The Morgan fingerprint density at radius 2 is 1.36 bits per heavy atom. The number of rotatable bonds is 4. The van der Waals surface area contributed by atoms with Crippen LogP contribution in [0.15, 0.2) is 59.4 Å². The molecule has 0 amide bonds. The van der Waals surface area contributed by atoms with Crippen molar-refractivity contribution < 1.29 is 0 Å². The molecule has 3 rings (SSSR count). The van der Waals surface area contributed by atoms with Gasteiger partial charge >= 0.3 is 5.69 Å². The topological polar surface area (TPSA) is 45.8 Å². The van der Waals surface area contributed by atoms with Gasteiger partial charge in [0.1, 0.15) is 0 Å². The number of halogens is 2. The summed E-state index contributed by atoms with van der Waals surface area (Å²) in [6, 6.07) is 18.0. The van der Waals surface area contributed by atoms with Crippen molar-refractivity contribution >= 4 is 69.5 Å². The molecule has 0 spiro atoms. The molecule has 0 bridgehead atoms. The van der Waals surface area contributed by atoms with Gasteiger partial charge in [0.25, 0.3) is 0 Å². The Labute approximate surface area is 173 Å². The highest BCUT2D eigenvalue weighted by molar-refractivity contribution is 14.1. The zero-order valence-electron chi connectivity index (χ0n) is 13.1. The number of aromatic amines is 1. The summed E-state index contributed by atoms with van der Waals surface area (Å²) in [6.07, 6.45) is 7.71. The smallest absolute Gasteiger partial charge is 0.306 e. The lowest BCUT2D eigenvalue weighted by molar-refractivity contribution is 1.05. The molecule has 2 aromatic carbocycles. The number of aromatic nitrogens is 2. The number of H-pyrrole nitrogens is 1. The van der Waals surface area contributed by atoms with Gasteiger partial charge in [-0.2, -0.15) is 4.98 Å². The van der Waals surface area contributed by atoms with E-state index in [2.05, 4.69) is 55.1 Å². The van der Waals surface area contributed by atoms with Gasteiger partial charge in [-0.1, -0.05) is 48.6 Å². The summed E-state index contributed by atoms with van der Waals surface area (Å²) in [7, 11) is 0. The van der Waals surface area contributed by atoms with Gasteiger partial charge in [0.05, 0.1) is 5.69 Å². The van der Waals surface area contributed by atoms with Crippen molar-refractivity contribution in [2.24, 2.45) is 0 Å². The minimum atomic E-state index is -0.354. The van der Waals surface area contributed by atoms with Gasteiger partial charge in [-0.3, -0.25) is 0 Å². The number of hydrogen-bond donors (Lipinski definition) is 1. The minimum Gasteiger partial charge on any atom is -0.306 e. The lowest BCUT2D eigenvalue weighted by Crippen LogP contribution is -2.12. The van der Waals surface area contributed by atoms with E-state index in [4.69, 9.17) is 0 Å². The molecule has 0 radical (unpaired) electrons. The van der Waals surface area contributed by atoms with Crippen molar-refractivity contribution in [1.29, 1.82) is 0 Å². The van der Waals surface area contributed by atoms with E-state index in [9.17, 15) is 4.79 Å². The first-order chi connectivity index (χ1) is 12.1. The van der Waals surface area contributed by atoms with Crippen LogP contribution in [-0.2, 0) is 0 Å². The number of benzene rings is 2. The Morgan fingerprint density at radius 3 is 1.96 bits per heavy atom. The first-order valence-electron chi connectivity index (χ1n) is 7.58. The second-order valence-corrected chi connectivity index (χ2v) is 7.60. The van der Waals surface area contributed by atoms with Gasteiger partial charge in [0.2, 0.25) is 0 Å². The monoisotopic (exact) mass is 552 g/mol. The molecule has 0 aliphatic rings. The van der Waals surface area contributed by atoms with Crippen molar-refractivity contribution in [3.05, 3.63) is 94.7 Å². The molecule has 1 heterocycles. The summed E-state index contributed by atoms with van der Waals surface area (Å²) in [4.78, 5) is 18.6. The molecule has 0 saturated carbocycles. The van der Waals surface area contributed by atoms with E-state index in [1.807, 2.05) is 78.9 Å². The molecule has 0 saturated heterocycles. The molecule has 1 aromatic heterocycles. The van der Waals surface area contributed by atoms with Crippen molar-refractivity contribution in [1.82, 2.24) is 9.97 Å². The van der Waals surface area contributed by atoms with Gasteiger partial charge in [0.15, 0.2) is 0 Å². The fourth-order valence-electron chi connectivity index (χ4n) is 2.25. The Hall–Kier alpha value is -1.74. The Morgan fingerprint density at radius 1 is 0.800 bits per heavy atom. The first kappa shape index (κ1) is 18.1. The highest BCUT2D eigenvalue weighted by Crippen LogP contribution is 2.16. The molecular weight excluding hydrogens is 538 g/mol. The van der Waals surface area contributed by atoms with Gasteiger partial charge in [-0.15, -0.1) is 0 Å². The van der Waals surface area contributed by atoms with Gasteiger partial charge in [-0.25, -0.2) is 4.79 Å². The third-order valence-corrected chi connectivity index (χ3v) is 5.44. The zero-order chi connectivity index (χ0) is 17.6. The highest BCUT2D eigenvalue weighted by Gasteiger charge is 1.98. The molecular formula is C20H14I2N2O. The Bertz CT molecular complexity index is 930. The van der Waals surface area contributed by atoms with E-state index in [1.165, 1.54) is 0 Å². The van der Waals surface area contributed by atoms with Gasteiger partial charge in [0, 0.05) is 12.8 Å². The van der Waals surface area contributed by atoms with Crippen LogP contribution in [0.4, 0.5) is 0 Å². The minimum absolute atomic E-state index is 0.354. The Balaban J connectivity index is 1.87. The molecule has 3 aromatic rings. The highest BCUT2D eigenvalue weighted by atomic mass is 127. The van der Waals surface area contributed by atoms with Crippen LogP contribution in [0.1, 0.15) is 22.5 Å². The van der Waals surface area contributed by atoms with Crippen LogP contribution in [0.25, 0.3) is 24.3 Å². The average Bonchev–Trinajstić information content (AvgIpc) is 2.60. The molecule has 124 valence electrons. The van der Waals surface area contributed by atoms with Crippen LogP contribution in [0.3, 0.4) is 0 Å². The van der Waals surface area contributed by atoms with Crippen LogP contribution in [0, 0.1) is 7.14 Å². The Kier molecular flexibility index (Phi) is 6.19. The van der Waals surface area contributed by atoms with Gasteiger partial charge < -0.3 is 4.98 Å². The molecule has 0 atom stereocenters. The van der Waals surface area contributed by atoms with E-state index in [-0.39, 0.29) is 5.69 Å². The van der Waals surface area contributed by atoms with Crippen LogP contribution in [0.5, 0.6) is 0 Å². The normalized spacial score (nSPS) is 11.4. The maximum absolute atomic E-state index is 11.8. The van der Waals surface area contributed by atoms with Crippen molar-refractivity contribution in [2.45, 2.75) is 0 Å². The number of nitrogens with zero attached hydrogens (tertiary/aromatic N) is 1. The lowest BCUT2D eigenvalue weighted by Gasteiger charge is -2.00. The van der Waals surface area contributed by atoms with Crippen LogP contribution < -0.4 is 5.69 Å². The van der Waals surface area contributed by atoms with Crippen molar-refractivity contribution in [3.8, 4) is 0 Å². The third kappa shape index (κ3) is 5.12. The molecule has 25 heavy (non-hydrogen) atoms. The third-order valence-electron chi connectivity index (χ3n) is 3.47. The average molecular weight is 552 g/mol. The maximum atomic E-state index is 11.8. The van der Waals surface area contributed by atoms with Gasteiger partial charge in [-0.05, 0) is 86.7 Å². The van der Waals surface area contributed by atoms with Crippen molar-refractivity contribution in [3.63, 3.8) is 0 Å². The van der Waals surface area contributed by atoms with E-state index in [0.717, 1.165) is 24.0 Å². The molecule has 0 aliphatic heterocycles. The largest absolute Gasteiger partial charge is 0.345 e. The summed E-state index contributed by atoms with van der Waals surface area (Å²) >= 11 is 4.58. The van der Waals surface area contributed by atoms with E-state index < -0.39 is 0 Å². The second kappa shape index (κ2) is 8.57. The standard InChI is InChI=1S/C20H14I2N2O/c21-18-7-3-1-5-14(18)9-11-16-13-17(24-20(25)23-16)12-10-15-6-2-4-8-19(15)22/h1-13H,(H,23,24,25). The summed E-state index contributed by atoms with van der Waals surface area (Å²) in [5, 5.41) is 0. The van der Waals surface area contributed by atoms with E-state index in [0.29, 0.717) is 5.69 Å². The number of nitrogens with one attached hydrogen (secondary N) is 1. The summed E-state index contributed by atoms with van der Waals surface area (Å²) in [5.74, 6) is 0. The molecule has 0 unspecified atom stereocenters. The fraction of sp³-hybridized carbons (Fsp3) is 0. The quantitative estimate of drug-likeness (QED) is 0.446. The summed E-state index contributed by atoms with van der Waals surface area (Å²) in [5.41, 5.74) is 3.21. The van der Waals surface area contributed by atoms with E-state index >= 15 is 0 Å². The van der Waals surface area contributed by atoms with Crippen LogP contribution >= 0.6 is 45.2 Å². The predicted molar refractivity (Wildman–Crippen MR) is 121 cm³/mol. The molecule has 0 fully saturated rings. The maximum Gasteiger partial charge on any atom is 0.345 e. The van der Waals surface area contributed by atoms with Crippen molar-refractivity contribution in [2.75, 3.05) is 0 Å². The molecule has 3 nitrogen and oxygen atoms in total. The fourth-order valence-corrected chi connectivity index (χ4v) is 3.38. The number of hydrogen-bond acceptors (Lipinski definition) is 2. The van der Waals surface area contributed by atoms with E-state index in [1.54, 1.807) is 0 Å². The second-order valence-electron chi connectivity index (χ2n) is 5.28. The molecule has 1 N–H and O–H groups in total. The summed E-state index contributed by atoms with van der Waals surface area (Å²) < 4.78 is 2.31.